The number of hydrogen-bond acceptors (Lipinski definition) is 5. The van der Waals surface area contributed by atoms with Crippen molar-refractivity contribution in [1.82, 2.24) is 23.7 Å². The van der Waals surface area contributed by atoms with Gasteiger partial charge in [0.15, 0.2) is 10.8 Å². The van der Waals surface area contributed by atoms with Gasteiger partial charge in [-0.15, -0.1) is 0 Å². The van der Waals surface area contributed by atoms with Gasteiger partial charge in [-0.05, 0) is 48.6 Å². The predicted molar refractivity (Wildman–Crippen MR) is 121 cm³/mol. The van der Waals surface area contributed by atoms with E-state index in [9.17, 15) is 10.0 Å². The van der Waals surface area contributed by atoms with Gasteiger partial charge in [-0.2, -0.15) is 9.97 Å². The lowest BCUT2D eigenvalue weighted by atomic mass is 10.1. The van der Waals surface area contributed by atoms with Gasteiger partial charge in [-0.3, -0.25) is 14.3 Å². The summed E-state index contributed by atoms with van der Waals surface area (Å²) in [5.41, 5.74) is 8.66. The third-order valence-corrected chi connectivity index (χ3v) is 7.01. The van der Waals surface area contributed by atoms with E-state index in [4.69, 9.17) is 17.3 Å². The highest BCUT2D eigenvalue weighted by Crippen LogP contribution is 2.23. The Kier molecular flexibility index (Phi) is 5.45. The van der Waals surface area contributed by atoms with E-state index in [1.165, 1.54) is 4.57 Å². The molecule has 0 bridgehead atoms. The Morgan fingerprint density at radius 1 is 1.20 bits per heavy atom. The summed E-state index contributed by atoms with van der Waals surface area (Å²) < 4.78 is 7.05. The van der Waals surface area contributed by atoms with Crippen molar-refractivity contribution in [1.29, 1.82) is 0 Å². The first-order chi connectivity index (χ1) is 14.3. The van der Waals surface area contributed by atoms with Crippen LogP contribution in [-0.4, -0.2) is 28.9 Å². The van der Waals surface area contributed by atoms with E-state index < -0.39 is 0 Å². The second-order valence-corrected chi connectivity index (χ2v) is 8.47. The number of aromatic nitrogens is 6. The van der Waals surface area contributed by atoms with Crippen LogP contribution in [0.1, 0.15) is 16.8 Å². The summed E-state index contributed by atoms with van der Waals surface area (Å²) in [6.45, 7) is 4.89. The van der Waals surface area contributed by atoms with Gasteiger partial charge < -0.3 is 10.3 Å². The minimum absolute atomic E-state index is 0.0177. The molecule has 0 aliphatic heterocycles. The molecule has 0 amide bonds. The largest absolute Gasteiger partial charge is 0.368 e. The average molecular weight is 541 g/mol. The SMILES string of the molecule is Cc1c[n+](O)c(Cn2c(=O)n(CCn3cccc3)c3c(Cl)nc(N)nc32)c(C)c1I. The van der Waals surface area contributed by atoms with Gasteiger partial charge in [0.2, 0.25) is 12.1 Å². The fourth-order valence-corrected chi connectivity index (χ4v) is 4.25. The minimum atomic E-state index is -0.297. The molecule has 0 atom stereocenters. The van der Waals surface area contributed by atoms with Gasteiger partial charge in [0.05, 0.1) is 0 Å². The lowest BCUT2D eigenvalue weighted by Gasteiger charge is -2.06. The zero-order valence-electron chi connectivity index (χ0n) is 16.4. The standard InChI is InChI=1S/C19H20ClIN7O2/c1-11-9-28(30)13(12(2)14(11)21)10-27-17-15(16(20)23-18(22)24-17)26(19(27)29)8-7-25-5-3-4-6-25/h3-6,9,30H,7-8,10H2,1-2H3,(H2,22,23,24)/q+1. The average Bonchev–Trinajstić information content (AvgIpc) is 3.29. The molecule has 0 fully saturated rings. The number of nitrogens with zero attached hydrogens (tertiary/aromatic N) is 6. The van der Waals surface area contributed by atoms with Gasteiger partial charge in [0.25, 0.3) is 5.69 Å². The number of imidazole rings is 1. The zero-order chi connectivity index (χ0) is 21.6. The first kappa shape index (κ1) is 20.7. The van der Waals surface area contributed by atoms with E-state index in [1.54, 1.807) is 10.8 Å². The molecule has 4 aromatic heterocycles. The van der Waals surface area contributed by atoms with E-state index >= 15 is 0 Å². The van der Waals surface area contributed by atoms with Crippen LogP contribution in [0.15, 0.2) is 35.5 Å². The van der Waals surface area contributed by atoms with E-state index in [0.717, 1.165) is 19.4 Å². The monoisotopic (exact) mass is 540 g/mol. The topological polar surface area (TPSA) is 108 Å². The number of nitrogen functional groups attached to an aromatic ring is 1. The normalized spacial score (nSPS) is 11.5. The Bertz CT molecular complexity index is 1310. The Morgan fingerprint density at radius 2 is 1.90 bits per heavy atom. The number of hydrogen-bond donors (Lipinski definition) is 2. The maximum atomic E-state index is 13.3. The summed E-state index contributed by atoms with van der Waals surface area (Å²) in [5.74, 6) is -0.0177. The number of pyridine rings is 1. The highest BCUT2D eigenvalue weighted by molar-refractivity contribution is 14.1. The van der Waals surface area contributed by atoms with Crippen molar-refractivity contribution in [2.75, 3.05) is 5.73 Å². The van der Waals surface area contributed by atoms with Crippen LogP contribution in [0, 0.1) is 17.4 Å². The fourth-order valence-electron chi connectivity index (χ4n) is 3.52. The molecule has 9 nitrogen and oxygen atoms in total. The molecule has 4 rings (SSSR count). The van der Waals surface area contributed by atoms with Gasteiger partial charge in [-0.1, -0.05) is 11.6 Å². The van der Waals surface area contributed by atoms with Gasteiger partial charge in [-0.25, -0.2) is 4.79 Å². The van der Waals surface area contributed by atoms with Crippen LogP contribution in [0.3, 0.4) is 0 Å². The highest BCUT2D eigenvalue weighted by atomic mass is 127. The molecular weight excluding hydrogens is 521 g/mol. The molecule has 156 valence electrons. The molecule has 0 saturated carbocycles. The summed E-state index contributed by atoms with van der Waals surface area (Å²) >= 11 is 8.59. The van der Waals surface area contributed by atoms with E-state index in [2.05, 4.69) is 32.6 Å². The van der Waals surface area contributed by atoms with Crippen molar-refractivity contribution in [3.63, 3.8) is 0 Å². The molecule has 4 aromatic rings. The van der Waals surface area contributed by atoms with Crippen molar-refractivity contribution < 1.29 is 9.94 Å². The van der Waals surface area contributed by atoms with Gasteiger partial charge >= 0.3 is 5.69 Å². The number of anilines is 1. The molecule has 0 spiro atoms. The molecular formula is C19H20ClIN7O2+. The van der Waals surface area contributed by atoms with Crippen LogP contribution >= 0.6 is 34.2 Å². The number of fused-ring (bicyclic) bond motifs is 1. The second kappa shape index (κ2) is 7.91. The van der Waals surface area contributed by atoms with Crippen LogP contribution in [0.2, 0.25) is 5.15 Å². The lowest BCUT2D eigenvalue weighted by molar-refractivity contribution is -0.910. The number of rotatable bonds is 5. The maximum absolute atomic E-state index is 13.3. The molecule has 4 heterocycles. The van der Waals surface area contributed by atoms with E-state index in [0.29, 0.717) is 29.9 Å². The fraction of sp³-hybridized carbons (Fsp3) is 0.263. The second-order valence-electron chi connectivity index (χ2n) is 7.03. The van der Waals surface area contributed by atoms with Crippen LogP contribution < -0.4 is 16.2 Å². The summed E-state index contributed by atoms with van der Waals surface area (Å²) in [6.07, 6.45) is 5.47. The molecule has 11 heteroatoms. The zero-order valence-corrected chi connectivity index (χ0v) is 19.3. The summed E-state index contributed by atoms with van der Waals surface area (Å²) in [4.78, 5) is 21.7. The maximum Gasteiger partial charge on any atom is 0.331 e. The molecule has 3 N–H and O–H groups in total. The third-order valence-electron chi connectivity index (χ3n) is 5.08. The van der Waals surface area contributed by atoms with Crippen LogP contribution in [0.4, 0.5) is 5.95 Å². The highest BCUT2D eigenvalue weighted by Gasteiger charge is 2.25. The number of aryl methyl sites for hydroxylation is 3. The smallest absolute Gasteiger partial charge is 0.331 e. The predicted octanol–water partition coefficient (Wildman–Crippen LogP) is 2.12. The van der Waals surface area contributed by atoms with Crippen molar-refractivity contribution in [3.8, 4) is 0 Å². The summed E-state index contributed by atoms with van der Waals surface area (Å²) in [7, 11) is 0. The van der Waals surface area contributed by atoms with Crippen molar-refractivity contribution >= 4 is 51.3 Å². The van der Waals surface area contributed by atoms with Crippen molar-refractivity contribution in [3.05, 3.63) is 66.8 Å². The molecule has 0 aliphatic rings. The Morgan fingerprint density at radius 3 is 2.60 bits per heavy atom. The first-order valence-electron chi connectivity index (χ1n) is 9.20. The minimum Gasteiger partial charge on any atom is -0.368 e. The van der Waals surface area contributed by atoms with E-state index in [-0.39, 0.29) is 23.3 Å². The molecule has 0 saturated heterocycles. The Hall–Kier alpha value is -2.60. The quantitative estimate of drug-likeness (QED) is 0.175. The van der Waals surface area contributed by atoms with Crippen LogP contribution in [0.25, 0.3) is 11.2 Å². The van der Waals surface area contributed by atoms with E-state index in [1.807, 2.05) is 42.9 Å². The summed E-state index contributed by atoms with van der Waals surface area (Å²) in [5, 5.41) is 10.6. The molecule has 30 heavy (non-hydrogen) atoms. The number of halogens is 2. The van der Waals surface area contributed by atoms with Crippen LogP contribution in [0.5, 0.6) is 0 Å². The van der Waals surface area contributed by atoms with Gasteiger partial charge in [0.1, 0.15) is 12.1 Å². The third kappa shape index (κ3) is 3.54. The molecule has 0 aliphatic carbocycles. The van der Waals surface area contributed by atoms with Gasteiger partial charge in [0, 0.05) is 44.9 Å². The molecule has 0 radical (unpaired) electrons. The number of nitrogens with two attached hydrogens (primary N) is 1. The van der Waals surface area contributed by atoms with Crippen LogP contribution in [-0.2, 0) is 19.6 Å². The molecule has 0 aromatic carbocycles. The molecule has 0 unspecified atom stereocenters. The lowest BCUT2D eigenvalue weighted by Crippen LogP contribution is -2.39. The Balaban J connectivity index is 1.87. The van der Waals surface area contributed by atoms with Crippen molar-refractivity contribution in [2.45, 2.75) is 33.5 Å². The Labute approximate surface area is 190 Å². The van der Waals surface area contributed by atoms with Crippen molar-refractivity contribution in [2.24, 2.45) is 0 Å². The first-order valence-corrected chi connectivity index (χ1v) is 10.7. The summed E-state index contributed by atoms with van der Waals surface area (Å²) in [6, 6.07) is 3.84.